The second-order valence-electron chi connectivity index (χ2n) is 6.21. The van der Waals surface area contributed by atoms with Crippen molar-refractivity contribution in [2.45, 2.75) is 18.9 Å². The van der Waals surface area contributed by atoms with Crippen LogP contribution in [0.3, 0.4) is 0 Å². The SMILES string of the molecule is NC(=O)N1C(C2CC2)=CN=C(c2c(F)cncc2F)C1c1ccncc1. The number of nitrogens with zero attached hydrogens (tertiary/aromatic N) is 4. The number of halogens is 2. The molecule has 0 aromatic carbocycles. The Kier molecular flexibility index (Phi) is 3.95. The number of urea groups is 1. The predicted molar refractivity (Wildman–Crippen MR) is 89.9 cm³/mol. The number of rotatable bonds is 3. The Bertz CT molecular complexity index is 904. The number of hydrogen-bond acceptors (Lipinski definition) is 4. The highest BCUT2D eigenvalue weighted by Crippen LogP contribution is 2.44. The van der Waals surface area contributed by atoms with Crippen LogP contribution in [-0.2, 0) is 0 Å². The topological polar surface area (TPSA) is 84.5 Å². The highest BCUT2D eigenvalue weighted by Gasteiger charge is 2.41. The smallest absolute Gasteiger partial charge is 0.319 e. The van der Waals surface area contributed by atoms with E-state index in [1.165, 1.54) is 11.1 Å². The lowest BCUT2D eigenvalue weighted by Crippen LogP contribution is -2.44. The third-order valence-corrected chi connectivity index (χ3v) is 4.50. The summed E-state index contributed by atoms with van der Waals surface area (Å²) in [6, 6.07) is 1.79. The summed E-state index contributed by atoms with van der Waals surface area (Å²) in [5, 5.41) is 0. The summed E-state index contributed by atoms with van der Waals surface area (Å²) in [6.45, 7) is 0. The van der Waals surface area contributed by atoms with Crippen molar-refractivity contribution >= 4 is 11.7 Å². The molecule has 6 nitrogen and oxygen atoms in total. The van der Waals surface area contributed by atoms with Gasteiger partial charge in [0, 0.05) is 30.2 Å². The first-order valence-electron chi connectivity index (χ1n) is 8.13. The summed E-state index contributed by atoms with van der Waals surface area (Å²) in [5.74, 6) is -1.53. The van der Waals surface area contributed by atoms with Gasteiger partial charge in [-0.2, -0.15) is 0 Å². The largest absolute Gasteiger partial charge is 0.351 e. The molecule has 132 valence electrons. The normalized spacial score (nSPS) is 19.8. The Morgan fingerprint density at radius 3 is 2.35 bits per heavy atom. The number of amides is 2. The molecule has 2 aliphatic rings. The summed E-state index contributed by atoms with van der Waals surface area (Å²) >= 11 is 0. The molecule has 2 N–H and O–H groups in total. The standard InChI is InChI=1S/C18H15F2N5O/c19-12-7-23-8-13(20)15(12)16-17(11-3-5-22-6-4-11)25(18(21)26)14(9-24-16)10-1-2-10/h3-10,17H,1-2H2,(H2,21,26). The number of primary amides is 1. The maximum absolute atomic E-state index is 14.4. The Morgan fingerprint density at radius 2 is 1.77 bits per heavy atom. The lowest BCUT2D eigenvalue weighted by atomic mass is 9.93. The molecule has 2 amide bonds. The van der Waals surface area contributed by atoms with E-state index in [0.29, 0.717) is 11.3 Å². The van der Waals surface area contributed by atoms with E-state index in [2.05, 4.69) is 15.0 Å². The molecule has 1 aliphatic carbocycles. The minimum absolute atomic E-state index is 0.0665. The Hall–Kier alpha value is -3.16. The Morgan fingerprint density at radius 1 is 1.12 bits per heavy atom. The van der Waals surface area contributed by atoms with Crippen molar-refractivity contribution in [3.63, 3.8) is 0 Å². The van der Waals surface area contributed by atoms with Gasteiger partial charge in [0.2, 0.25) is 0 Å². The number of carbonyl (C=O) groups is 1. The Balaban J connectivity index is 1.93. The van der Waals surface area contributed by atoms with Gasteiger partial charge in [0.25, 0.3) is 0 Å². The quantitative estimate of drug-likeness (QED) is 0.919. The third-order valence-electron chi connectivity index (χ3n) is 4.50. The number of nitrogens with two attached hydrogens (primary N) is 1. The summed E-state index contributed by atoms with van der Waals surface area (Å²) in [4.78, 5) is 25.4. The van der Waals surface area contributed by atoms with Gasteiger partial charge in [-0.05, 0) is 30.5 Å². The second kappa shape index (κ2) is 6.29. The molecule has 1 aliphatic heterocycles. The molecular weight excluding hydrogens is 340 g/mol. The van der Waals surface area contributed by atoms with Gasteiger partial charge in [-0.15, -0.1) is 0 Å². The van der Waals surface area contributed by atoms with Crippen LogP contribution in [0, 0.1) is 17.6 Å². The highest BCUT2D eigenvalue weighted by molar-refractivity contribution is 6.07. The predicted octanol–water partition coefficient (Wildman–Crippen LogP) is 2.93. The monoisotopic (exact) mass is 355 g/mol. The van der Waals surface area contributed by atoms with Crippen molar-refractivity contribution in [1.82, 2.24) is 14.9 Å². The molecule has 2 aromatic heterocycles. The van der Waals surface area contributed by atoms with E-state index in [4.69, 9.17) is 5.73 Å². The molecule has 0 bridgehead atoms. The van der Waals surface area contributed by atoms with Crippen LogP contribution < -0.4 is 5.73 Å². The van der Waals surface area contributed by atoms with Crippen LogP contribution in [0.15, 0.2) is 53.8 Å². The summed E-state index contributed by atoms with van der Waals surface area (Å²) < 4.78 is 28.7. The zero-order valence-corrected chi connectivity index (χ0v) is 13.6. The van der Waals surface area contributed by atoms with Crippen molar-refractivity contribution in [2.75, 3.05) is 0 Å². The zero-order valence-electron chi connectivity index (χ0n) is 13.6. The first kappa shape index (κ1) is 16.3. The molecule has 26 heavy (non-hydrogen) atoms. The van der Waals surface area contributed by atoms with Gasteiger partial charge in [-0.3, -0.25) is 19.9 Å². The van der Waals surface area contributed by atoms with E-state index in [0.717, 1.165) is 25.2 Å². The molecule has 0 spiro atoms. The number of aromatic nitrogens is 2. The summed E-state index contributed by atoms with van der Waals surface area (Å²) in [7, 11) is 0. The van der Waals surface area contributed by atoms with Gasteiger partial charge in [0.1, 0.15) is 6.04 Å². The number of hydrogen-bond donors (Lipinski definition) is 1. The molecule has 4 rings (SSSR count). The zero-order chi connectivity index (χ0) is 18.3. The van der Waals surface area contributed by atoms with Gasteiger partial charge < -0.3 is 5.73 Å². The fraction of sp³-hybridized carbons (Fsp3) is 0.222. The second-order valence-corrected chi connectivity index (χ2v) is 6.21. The molecule has 1 fully saturated rings. The van der Waals surface area contributed by atoms with Crippen molar-refractivity contribution in [3.05, 3.63) is 71.6 Å². The highest BCUT2D eigenvalue weighted by atomic mass is 19.1. The van der Waals surface area contributed by atoms with Crippen LogP contribution in [0.25, 0.3) is 0 Å². The maximum atomic E-state index is 14.4. The fourth-order valence-corrected chi connectivity index (χ4v) is 3.19. The van der Waals surface area contributed by atoms with Crippen LogP contribution in [0.4, 0.5) is 13.6 Å². The lowest BCUT2D eigenvalue weighted by Gasteiger charge is -2.36. The summed E-state index contributed by atoms with van der Waals surface area (Å²) in [5.41, 5.74) is 6.66. The molecule has 0 radical (unpaired) electrons. The van der Waals surface area contributed by atoms with Gasteiger partial charge in [-0.25, -0.2) is 13.6 Å². The van der Waals surface area contributed by atoms with Crippen molar-refractivity contribution in [3.8, 4) is 0 Å². The van der Waals surface area contributed by atoms with E-state index < -0.39 is 23.7 Å². The van der Waals surface area contributed by atoms with E-state index in [-0.39, 0.29) is 17.2 Å². The molecule has 1 saturated carbocycles. The first-order chi connectivity index (χ1) is 12.6. The molecule has 2 aromatic rings. The third kappa shape index (κ3) is 2.73. The van der Waals surface area contributed by atoms with Gasteiger partial charge in [-0.1, -0.05) is 0 Å². The average molecular weight is 355 g/mol. The fourth-order valence-electron chi connectivity index (χ4n) is 3.19. The van der Waals surface area contributed by atoms with E-state index >= 15 is 0 Å². The molecule has 0 saturated heterocycles. The van der Waals surface area contributed by atoms with Gasteiger partial charge in [0.05, 0.1) is 23.7 Å². The van der Waals surface area contributed by atoms with Gasteiger partial charge in [0.15, 0.2) is 11.6 Å². The Labute approximate surface area is 148 Å². The molecule has 8 heteroatoms. The summed E-state index contributed by atoms with van der Waals surface area (Å²) in [6.07, 6.45) is 8.23. The number of carbonyl (C=O) groups excluding carboxylic acids is 1. The maximum Gasteiger partial charge on any atom is 0.319 e. The van der Waals surface area contributed by atoms with E-state index in [9.17, 15) is 13.6 Å². The minimum atomic E-state index is -0.851. The number of pyridine rings is 2. The van der Waals surface area contributed by atoms with Crippen LogP contribution in [0.1, 0.15) is 30.0 Å². The first-order valence-corrected chi connectivity index (χ1v) is 8.13. The van der Waals surface area contributed by atoms with Crippen LogP contribution in [0.2, 0.25) is 0 Å². The molecule has 1 atom stereocenters. The number of aliphatic imine (C=N–C) groups is 1. The van der Waals surface area contributed by atoms with Gasteiger partial charge >= 0.3 is 6.03 Å². The van der Waals surface area contributed by atoms with Crippen LogP contribution in [0.5, 0.6) is 0 Å². The van der Waals surface area contributed by atoms with Crippen LogP contribution >= 0.6 is 0 Å². The van der Waals surface area contributed by atoms with Crippen molar-refractivity contribution in [2.24, 2.45) is 16.6 Å². The van der Waals surface area contributed by atoms with Crippen LogP contribution in [-0.4, -0.2) is 26.6 Å². The van der Waals surface area contributed by atoms with E-state index in [1.54, 1.807) is 24.5 Å². The minimum Gasteiger partial charge on any atom is -0.351 e. The van der Waals surface area contributed by atoms with E-state index in [1.807, 2.05) is 0 Å². The van der Waals surface area contributed by atoms with Crippen molar-refractivity contribution in [1.29, 1.82) is 0 Å². The van der Waals surface area contributed by atoms with Crippen molar-refractivity contribution < 1.29 is 13.6 Å². The average Bonchev–Trinajstić information content (AvgIpc) is 3.46. The molecule has 3 heterocycles. The lowest BCUT2D eigenvalue weighted by molar-refractivity contribution is 0.211. The molecule has 1 unspecified atom stereocenters. The number of allylic oxidation sites excluding steroid dienone is 1. The molecular formula is C18H15F2N5O.